The summed E-state index contributed by atoms with van der Waals surface area (Å²) in [6, 6.07) is 7.38. The van der Waals surface area contributed by atoms with E-state index in [4.69, 9.17) is 9.84 Å². The monoisotopic (exact) mass is 265 g/mol. The van der Waals surface area contributed by atoms with Crippen molar-refractivity contribution in [2.45, 2.75) is 5.16 Å². The lowest BCUT2D eigenvalue weighted by atomic mass is 10.3. The van der Waals surface area contributed by atoms with Crippen LogP contribution in [0.1, 0.15) is 0 Å². The smallest absolute Gasteiger partial charge is 0.313 e. The largest absolute Gasteiger partial charge is 0.497 e. The summed E-state index contributed by atoms with van der Waals surface area (Å²) in [5.74, 6) is -0.224. The van der Waals surface area contributed by atoms with E-state index in [1.165, 1.54) is 0 Å². The zero-order valence-electron chi connectivity index (χ0n) is 9.61. The Kier molecular flexibility index (Phi) is 3.83. The lowest BCUT2D eigenvalue weighted by molar-refractivity contribution is -0.133. The molecule has 6 nitrogen and oxygen atoms in total. The summed E-state index contributed by atoms with van der Waals surface area (Å²) in [6.07, 6.45) is 1.54. The molecule has 0 aliphatic heterocycles. The first kappa shape index (κ1) is 12.4. The molecule has 1 N–H and O–H groups in total. The predicted octanol–water partition coefficient (Wildman–Crippen LogP) is 1.45. The van der Waals surface area contributed by atoms with Gasteiger partial charge in [0.1, 0.15) is 12.1 Å². The molecule has 0 spiro atoms. The molecule has 94 valence electrons. The van der Waals surface area contributed by atoms with E-state index in [-0.39, 0.29) is 5.75 Å². The molecule has 0 aliphatic rings. The van der Waals surface area contributed by atoms with Gasteiger partial charge in [-0.05, 0) is 12.1 Å². The van der Waals surface area contributed by atoms with Crippen molar-refractivity contribution in [2.24, 2.45) is 0 Å². The number of carbonyl (C=O) groups is 1. The number of methoxy groups -OCH3 is 1. The topological polar surface area (TPSA) is 77.2 Å². The fourth-order valence-electron chi connectivity index (χ4n) is 1.39. The van der Waals surface area contributed by atoms with Gasteiger partial charge in [0.15, 0.2) is 5.16 Å². The third kappa shape index (κ3) is 2.80. The Morgan fingerprint density at radius 3 is 3.11 bits per heavy atom. The molecule has 0 saturated heterocycles. The van der Waals surface area contributed by atoms with Crippen LogP contribution in [-0.2, 0) is 4.79 Å². The van der Waals surface area contributed by atoms with Gasteiger partial charge in [0.2, 0.25) is 0 Å². The average Bonchev–Trinajstić information content (AvgIpc) is 2.84. The van der Waals surface area contributed by atoms with Crippen molar-refractivity contribution in [2.75, 3.05) is 12.9 Å². The third-order valence-corrected chi connectivity index (χ3v) is 3.10. The highest BCUT2D eigenvalue weighted by Gasteiger charge is 2.09. The van der Waals surface area contributed by atoms with Gasteiger partial charge in [-0.15, -0.1) is 10.2 Å². The summed E-state index contributed by atoms with van der Waals surface area (Å²) >= 11 is 1.12. The van der Waals surface area contributed by atoms with Gasteiger partial charge in [0.05, 0.1) is 18.6 Å². The van der Waals surface area contributed by atoms with E-state index >= 15 is 0 Å². The molecule has 2 rings (SSSR count). The van der Waals surface area contributed by atoms with Crippen LogP contribution < -0.4 is 4.74 Å². The second-order valence-electron chi connectivity index (χ2n) is 3.37. The predicted molar refractivity (Wildman–Crippen MR) is 66.3 cm³/mol. The Bertz CT molecular complexity index is 556. The SMILES string of the molecule is COc1cccc(-n2cnnc2SCC(=O)O)c1. The van der Waals surface area contributed by atoms with E-state index in [0.29, 0.717) is 5.16 Å². The average molecular weight is 265 g/mol. The van der Waals surface area contributed by atoms with Gasteiger partial charge in [-0.2, -0.15) is 0 Å². The van der Waals surface area contributed by atoms with Gasteiger partial charge in [0, 0.05) is 6.07 Å². The molecule has 0 radical (unpaired) electrons. The molecule has 0 fully saturated rings. The first-order chi connectivity index (χ1) is 8.70. The van der Waals surface area contributed by atoms with E-state index < -0.39 is 5.97 Å². The van der Waals surface area contributed by atoms with Crippen LogP contribution in [0.2, 0.25) is 0 Å². The Labute approximate surface area is 108 Å². The molecule has 18 heavy (non-hydrogen) atoms. The van der Waals surface area contributed by atoms with Crippen LogP contribution in [0, 0.1) is 0 Å². The van der Waals surface area contributed by atoms with Gasteiger partial charge in [-0.1, -0.05) is 17.8 Å². The summed E-state index contributed by atoms with van der Waals surface area (Å²) in [6.45, 7) is 0. The number of aliphatic carboxylic acids is 1. The maximum Gasteiger partial charge on any atom is 0.313 e. The first-order valence-corrected chi connectivity index (χ1v) is 6.08. The summed E-state index contributed by atoms with van der Waals surface area (Å²) in [4.78, 5) is 10.5. The number of aromatic nitrogens is 3. The quantitative estimate of drug-likeness (QED) is 0.824. The minimum Gasteiger partial charge on any atom is -0.497 e. The maximum atomic E-state index is 10.5. The zero-order chi connectivity index (χ0) is 13.0. The second-order valence-corrected chi connectivity index (χ2v) is 4.31. The van der Waals surface area contributed by atoms with Crippen molar-refractivity contribution in [3.8, 4) is 11.4 Å². The van der Waals surface area contributed by atoms with Crippen molar-refractivity contribution in [3.05, 3.63) is 30.6 Å². The molecule has 1 aromatic carbocycles. The van der Waals surface area contributed by atoms with Crippen LogP contribution in [0.15, 0.2) is 35.7 Å². The number of thioether (sulfide) groups is 1. The Balaban J connectivity index is 2.27. The number of benzene rings is 1. The zero-order valence-corrected chi connectivity index (χ0v) is 10.4. The molecule has 2 aromatic rings. The van der Waals surface area contributed by atoms with Crippen LogP contribution in [0.3, 0.4) is 0 Å². The van der Waals surface area contributed by atoms with Crippen molar-refractivity contribution in [1.82, 2.24) is 14.8 Å². The van der Waals surface area contributed by atoms with E-state index in [9.17, 15) is 4.79 Å². The number of ether oxygens (including phenoxy) is 1. The fraction of sp³-hybridized carbons (Fsp3) is 0.182. The molecule has 1 heterocycles. The molecule has 0 unspecified atom stereocenters. The van der Waals surface area contributed by atoms with E-state index in [1.54, 1.807) is 18.0 Å². The summed E-state index contributed by atoms with van der Waals surface area (Å²) in [5, 5.41) is 16.9. The first-order valence-electron chi connectivity index (χ1n) is 5.10. The number of carboxylic acids is 1. The highest BCUT2D eigenvalue weighted by atomic mass is 32.2. The normalized spacial score (nSPS) is 10.3. The van der Waals surface area contributed by atoms with Crippen molar-refractivity contribution >= 4 is 17.7 Å². The number of hydrogen-bond donors (Lipinski definition) is 1. The summed E-state index contributed by atoms with van der Waals surface area (Å²) in [7, 11) is 1.59. The van der Waals surface area contributed by atoms with Gasteiger partial charge in [-0.3, -0.25) is 9.36 Å². The number of hydrogen-bond acceptors (Lipinski definition) is 5. The Morgan fingerprint density at radius 2 is 2.39 bits per heavy atom. The van der Waals surface area contributed by atoms with Crippen LogP contribution >= 0.6 is 11.8 Å². The van der Waals surface area contributed by atoms with Crippen LogP contribution in [0.5, 0.6) is 5.75 Å². The second kappa shape index (κ2) is 5.54. The number of carboxylic acid groups (broad SMARTS) is 1. The molecule has 1 aromatic heterocycles. The minimum atomic E-state index is -0.889. The molecular weight excluding hydrogens is 254 g/mol. The highest BCUT2D eigenvalue weighted by Crippen LogP contribution is 2.22. The molecule has 0 saturated carbocycles. The van der Waals surface area contributed by atoms with E-state index in [0.717, 1.165) is 23.2 Å². The van der Waals surface area contributed by atoms with Crippen LogP contribution in [0.4, 0.5) is 0 Å². The van der Waals surface area contributed by atoms with Crippen molar-refractivity contribution in [1.29, 1.82) is 0 Å². The summed E-state index contributed by atoms with van der Waals surface area (Å²) < 4.78 is 6.85. The standard InChI is InChI=1S/C11H11N3O3S/c1-17-9-4-2-3-8(5-9)14-7-12-13-11(14)18-6-10(15)16/h2-5,7H,6H2,1H3,(H,15,16). The molecule has 0 aliphatic carbocycles. The van der Waals surface area contributed by atoms with Gasteiger partial charge in [0.25, 0.3) is 0 Å². The number of nitrogens with zero attached hydrogens (tertiary/aromatic N) is 3. The molecule has 0 bridgehead atoms. The van der Waals surface area contributed by atoms with Crippen LogP contribution in [-0.4, -0.2) is 38.7 Å². The minimum absolute atomic E-state index is 0.0529. The van der Waals surface area contributed by atoms with E-state index in [1.807, 2.05) is 24.3 Å². The highest BCUT2D eigenvalue weighted by molar-refractivity contribution is 7.99. The van der Waals surface area contributed by atoms with Gasteiger partial charge in [-0.25, -0.2) is 0 Å². The van der Waals surface area contributed by atoms with Crippen molar-refractivity contribution in [3.63, 3.8) is 0 Å². The van der Waals surface area contributed by atoms with Crippen LogP contribution in [0.25, 0.3) is 5.69 Å². The Hall–Kier alpha value is -2.02. The molecular formula is C11H11N3O3S. The maximum absolute atomic E-state index is 10.5. The van der Waals surface area contributed by atoms with Gasteiger partial charge >= 0.3 is 5.97 Å². The lowest BCUT2D eigenvalue weighted by Gasteiger charge is -2.07. The lowest BCUT2D eigenvalue weighted by Crippen LogP contribution is -2.01. The molecule has 0 amide bonds. The van der Waals surface area contributed by atoms with Gasteiger partial charge < -0.3 is 9.84 Å². The number of rotatable bonds is 5. The molecule has 7 heteroatoms. The fourth-order valence-corrected chi connectivity index (χ4v) is 2.04. The Morgan fingerprint density at radius 1 is 1.56 bits per heavy atom. The van der Waals surface area contributed by atoms with E-state index in [2.05, 4.69) is 10.2 Å². The third-order valence-electron chi connectivity index (χ3n) is 2.17. The summed E-state index contributed by atoms with van der Waals surface area (Å²) in [5.41, 5.74) is 0.826. The molecule has 0 atom stereocenters. The van der Waals surface area contributed by atoms with Crippen molar-refractivity contribution < 1.29 is 14.6 Å².